The van der Waals surface area contributed by atoms with Crippen molar-refractivity contribution >= 4 is 27.6 Å². The Labute approximate surface area is 163 Å². The molecule has 1 aromatic heterocycles. The number of carbonyl (C=O) groups excluding carboxylic acids is 1. The fourth-order valence-electron chi connectivity index (χ4n) is 3.99. The molecule has 1 heterocycles. The molecule has 0 aliphatic rings. The first-order chi connectivity index (χ1) is 13.7. The fourth-order valence-corrected chi connectivity index (χ4v) is 3.99. The molecule has 0 N–H and O–H groups in total. The predicted octanol–water partition coefficient (Wildman–Crippen LogP) is 6.23. The number of nitrogens with zero attached hydrogens (tertiary/aromatic N) is 1. The van der Waals surface area contributed by atoms with Crippen molar-refractivity contribution in [2.45, 2.75) is 0 Å². The molecular formula is C26H19NO. The summed E-state index contributed by atoms with van der Waals surface area (Å²) in [5, 5.41) is 2.28. The van der Waals surface area contributed by atoms with Crippen LogP contribution in [0.5, 0.6) is 0 Å². The van der Waals surface area contributed by atoms with Gasteiger partial charge in [0.25, 0.3) is 0 Å². The molecule has 0 unspecified atom stereocenters. The first kappa shape index (κ1) is 16.5. The molecule has 28 heavy (non-hydrogen) atoms. The quantitative estimate of drug-likeness (QED) is 0.349. The Morgan fingerprint density at radius 2 is 1.32 bits per heavy atom. The highest BCUT2D eigenvalue weighted by molar-refractivity contribution is 6.18. The molecule has 134 valence electrons. The number of benzene rings is 4. The number of para-hydroxylation sites is 1. The zero-order chi connectivity index (χ0) is 19.1. The average Bonchev–Trinajstić information content (AvgIpc) is 3.05. The van der Waals surface area contributed by atoms with Crippen LogP contribution in [0.2, 0.25) is 0 Å². The molecule has 0 aliphatic carbocycles. The molecule has 0 fully saturated rings. The van der Waals surface area contributed by atoms with Crippen molar-refractivity contribution in [3.8, 4) is 11.1 Å². The second-order valence-corrected chi connectivity index (χ2v) is 7.05. The van der Waals surface area contributed by atoms with E-state index in [-0.39, 0.29) is 5.78 Å². The predicted molar refractivity (Wildman–Crippen MR) is 116 cm³/mol. The number of fused-ring (bicyclic) bond motifs is 3. The Balaban J connectivity index is 1.86. The van der Waals surface area contributed by atoms with Gasteiger partial charge in [-0.1, -0.05) is 78.9 Å². The van der Waals surface area contributed by atoms with Crippen LogP contribution in [0, 0.1) is 0 Å². The molecule has 0 atom stereocenters. The van der Waals surface area contributed by atoms with Gasteiger partial charge in [-0.2, -0.15) is 0 Å². The van der Waals surface area contributed by atoms with Crippen molar-refractivity contribution in [3.05, 3.63) is 108 Å². The van der Waals surface area contributed by atoms with Crippen LogP contribution in [-0.4, -0.2) is 10.4 Å². The fraction of sp³-hybridized carbons (Fsp3) is 0.0385. The van der Waals surface area contributed by atoms with Gasteiger partial charge in [-0.25, -0.2) is 0 Å². The number of rotatable bonds is 3. The minimum atomic E-state index is 0.0503. The van der Waals surface area contributed by atoms with Crippen molar-refractivity contribution < 1.29 is 4.79 Å². The highest BCUT2D eigenvalue weighted by Crippen LogP contribution is 2.35. The van der Waals surface area contributed by atoms with Gasteiger partial charge in [0, 0.05) is 40.0 Å². The number of hydrogen-bond acceptors (Lipinski definition) is 1. The van der Waals surface area contributed by atoms with Crippen molar-refractivity contribution in [1.82, 2.24) is 4.57 Å². The van der Waals surface area contributed by atoms with Crippen molar-refractivity contribution in [1.29, 1.82) is 0 Å². The van der Waals surface area contributed by atoms with Crippen LogP contribution in [0.1, 0.15) is 15.9 Å². The van der Waals surface area contributed by atoms with E-state index in [9.17, 15) is 4.79 Å². The second kappa shape index (κ2) is 6.50. The van der Waals surface area contributed by atoms with E-state index < -0.39 is 0 Å². The first-order valence-corrected chi connectivity index (χ1v) is 9.40. The molecule has 0 saturated carbocycles. The SMILES string of the molecule is Cn1c2ccccc2c2cc(C(=O)c3ccccc3)c(-c3ccccc3)cc21. The summed E-state index contributed by atoms with van der Waals surface area (Å²) in [7, 11) is 2.08. The molecule has 2 heteroatoms. The maximum absolute atomic E-state index is 13.4. The maximum Gasteiger partial charge on any atom is 0.193 e. The molecule has 5 aromatic rings. The van der Waals surface area contributed by atoms with Crippen LogP contribution < -0.4 is 0 Å². The van der Waals surface area contributed by atoms with Crippen molar-refractivity contribution in [2.75, 3.05) is 0 Å². The van der Waals surface area contributed by atoms with Crippen LogP contribution in [0.25, 0.3) is 32.9 Å². The lowest BCUT2D eigenvalue weighted by Crippen LogP contribution is -2.04. The minimum absolute atomic E-state index is 0.0503. The highest BCUT2D eigenvalue weighted by Gasteiger charge is 2.18. The van der Waals surface area contributed by atoms with Gasteiger partial charge in [-0.05, 0) is 29.3 Å². The maximum atomic E-state index is 13.4. The minimum Gasteiger partial charge on any atom is -0.344 e. The Bertz CT molecular complexity index is 1310. The third-order valence-electron chi connectivity index (χ3n) is 5.42. The third-order valence-corrected chi connectivity index (χ3v) is 5.42. The summed E-state index contributed by atoms with van der Waals surface area (Å²) >= 11 is 0. The van der Waals surface area contributed by atoms with Crippen LogP contribution in [0.15, 0.2) is 97.1 Å². The Kier molecular flexibility index (Phi) is 3.84. The van der Waals surface area contributed by atoms with Gasteiger partial charge >= 0.3 is 0 Å². The Morgan fingerprint density at radius 3 is 2.07 bits per heavy atom. The zero-order valence-corrected chi connectivity index (χ0v) is 15.6. The molecule has 5 rings (SSSR count). The van der Waals surface area contributed by atoms with Gasteiger partial charge < -0.3 is 4.57 Å². The third kappa shape index (κ3) is 2.54. The molecule has 0 amide bonds. The van der Waals surface area contributed by atoms with E-state index in [1.807, 2.05) is 54.6 Å². The summed E-state index contributed by atoms with van der Waals surface area (Å²) in [5.41, 5.74) is 5.76. The Morgan fingerprint density at radius 1 is 0.679 bits per heavy atom. The molecule has 0 saturated heterocycles. The lowest BCUT2D eigenvalue weighted by molar-refractivity contribution is 0.103. The average molecular weight is 361 g/mol. The van der Waals surface area contributed by atoms with Gasteiger partial charge in [0.1, 0.15) is 0 Å². The van der Waals surface area contributed by atoms with Gasteiger partial charge in [-0.3, -0.25) is 4.79 Å². The number of hydrogen-bond donors (Lipinski definition) is 0. The smallest absolute Gasteiger partial charge is 0.193 e. The summed E-state index contributed by atoms with van der Waals surface area (Å²) in [5.74, 6) is 0.0503. The van der Waals surface area contributed by atoms with E-state index in [4.69, 9.17) is 0 Å². The molecule has 0 aliphatic heterocycles. The summed E-state index contributed by atoms with van der Waals surface area (Å²) in [6, 6.07) is 32.2. The summed E-state index contributed by atoms with van der Waals surface area (Å²) < 4.78 is 2.20. The zero-order valence-electron chi connectivity index (χ0n) is 15.6. The summed E-state index contributed by atoms with van der Waals surface area (Å²) in [6.45, 7) is 0. The van der Waals surface area contributed by atoms with Gasteiger partial charge in [0.15, 0.2) is 5.78 Å². The molecule has 0 bridgehead atoms. The van der Waals surface area contributed by atoms with E-state index in [0.717, 1.165) is 27.6 Å². The standard InChI is InChI=1S/C26H19NO/c1-27-24-15-9-8-14-20(24)22-16-23(26(28)19-12-6-3-7-13-19)21(17-25(22)27)18-10-4-2-5-11-18/h2-17H,1H3. The molecule has 0 spiro atoms. The largest absolute Gasteiger partial charge is 0.344 e. The van der Waals surface area contributed by atoms with Crippen LogP contribution in [0.4, 0.5) is 0 Å². The van der Waals surface area contributed by atoms with Crippen LogP contribution in [0.3, 0.4) is 0 Å². The van der Waals surface area contributed by atoms with Crippen molar-refractivity contribution in [2.24, 2.45) is 7.05 Å². The highest BCUT2D eigenvalue weighted by atomic mass is 16.1. The number of aromatic nitrogens is 1. The van der Waals surface area contributed by atoms with E-state index in [0.29, 0.717) is 5.56 Å². The van der Waals surface area contributed by atoms with E-state index in [1.165, 1.54) is 10.9 Å². The number of aryl methyl sites for hydroxylation is 1. The number of ketones is 1. The molecular weight excluding hydrogens is 342 g/mol. The topological polar surface area (TPSA) is 22.0 Å². The van der Waals surface area contributed by atoms with Crippen LogP contribution >= 0.6 is 0 Å². The van der Waals surface area contributed by atoms with Gasteiger partial charge in [-0.15, -0.1) is 0 Å². The molecule has 2 nitrogen and oxygen atoms in total. The van der Waals surface area contributed by atoms with E-state index in [1.54, 1.807) is 0 Å². The lowest BCUT2D eigenvalue weighted by atomic mass is 9.92. The molecule has 4 aromatic carbocycles. The molecule has 0 radical (unpaired) electrons. The van der Waals surface area contributed by atoms with E-state index >= 15 is 0 Å². The Hall–Kier alpha value is -3.65. The summed E-state index contributed by atoms with van der Waals surface area (Å²) in [6.07, 6.45) is 0. The lowest BCUT2D eigenvalue weighted by Gasteiger charge is -2.11. The first-order valence-electron chi connectivity index (χ1n) is 9.40. The normalized spacial score (nSPS) is 11.2. The van der Waals surface area contributed by atoms with Crippen molar-refractivity contribution in [3.63, 3.8) is 0 Å². The second-order valence-electron chi connectivity index (χ2n) is 7.05. The van der Waals surface area contributed by atoms with Gasteiger partial charge in [0.05, 0.1) is 0 Å². The van der Waals surface area contributed by atoms with Crippen LogP contribution in [-0.2, 0) is 7.05 Å². The van der Waals surface area contributed by atoms with Gasteiger partial charge in [0.2, 0.25) is 0 Å². The number of carbonyl (C=O) groups is 1. The summed E-state index contributed by atoms with van der Waals surface area (Å²) in [4.78, 5) is 13.4. The van der Waals surface area contributed by atoms with E-state index in [2.05, 4.69) is 54.1 Å². The monoisotopic (exact) mass is 361 g/mol.